The third kappa shape index (κ3) is 6.07. The Morgan fingerprint density at radius 3 is 2.44 bits per heavy atom. The van der Waals surface area contributed by atoms with Crippen LogP contribution in [-0.4, -0.2) is 19.3 Å². The second kappa shape index (κ2) is 14.3. The summed E-state index contributed by atoms with van der Waals surface area (Å²) in [6.45, 7) is 13.4. The average molecular weight is 816 g/mol. The smallest absolute Gasteiger partial charge is 0.509 e. The summed E-state index contributed by atoms with van der Waals surface area (Å²) in [6.07, 6.45) is 10.9. The van der Waals surface area contributed by atoms with Gasteiger partial charge in [0.05, 0.1) is 5.69 Å². The van der Waals surface area contributed by atoms with Crippen LogP contribution in [0, 0.1) is 31.9 Å². The molecule has 1 unspecified atom stereocenters. The first-order valence-electron chi connectivity index (χ1n) is 17.3. The van der Waals surface area contributed by atoms with Crippen LogP contribution in [-0.2, 0) is 33.9 Å². The van der Waals surface area contributed by atoms with Crippen molar-refractivity contribution in [1.82, 2.24) is 19.3 Å². The van der Waals surface area contributed by atoms with Crippen molar-refractivity contribution in [1.29, 1.82) is 0 Å². The molecule has 0 aliphatic heterocycles. The van der Waals surface area contributed by atoms with Crippen molar-refractivity contribution in [3.05, 3.63) is 119 Å². The molecule has 0 spiro atoms. The number of aromatic nitrogens is 4. The van der Waals surface area contributed by atoms with Crippen LogP contribution in [0.1, 0.15) is 87.4 Å². The summed E-state index contributed by atoms with van der Waals surface area (Å²) in [6, 6.07) is 28.1. The normalized spacial score (nSPS) is 16.2. The predicted octanol–water partition coefficient (Wildman–Crippen LogP) is 10.7. The van der Waals surface area contributed by atoms with Gasteiger partial charge in [0.2, 0.25) is 0 Å². The van der Waals surface area contributed by atoms with Gasteiger partial charge in [0.1, 0.15) is 5.82 Å². The number of allylic oxidation sites excluding steroid dienone is 2. The van der Waals surface area contributed by atoms with E-state index in [4.69, 9.17) is 14.8 Å². The number of fused-ring (bicyclic) bond motifs is 3. The number of nitrogens with zero attached hydrogens (tertiary/aromatic N) is 4. The van der Waals surface area contributed by atoms with Crippen LogP contribution in [0.4, 0.5) is 0 Å². The molecule has 0 amide bonds. The molecule has 5 nitrogen and oxygen atoms in total. The molecule has 0 bridgehead atoms. The number of rotatable bonds is 9. The van der Waals surface area contributed by atoms with Gasteiger partial charge in [-0.2, -0.15) is 16.7 Å². The number of aryl methyl sites for hydroxylation is 3. The fourth-order valence-electron chi connectivity index (χ4n) is 7.74. The molecule has 0 saturated carbocycles. The molecular formula is C42H44N4OPt. The van der Waals surface area contributed by atoms with Gasteiger partial charge in [-0.25, -0.2) is 4.98 Å². The van der Waals surface area contributed by atoms with Gasteiger partial charge in [-0.15, -0.1) is 35.7 Å². The van der Waals surface area contributed by atoms with Crippen molar-refractivity contribution in [2.75, 3.05) is 0 Å². The van der Waals surface area contributed by atoms with Crippen LogP contribution in [0.3, 0.4) is 0 Å². The van der Waals surface area contributed by atoms with E-state index < -0.39 is 0 Å². The Bertz CT molecular complexity index is 2120. The SMILES string of the molecule is CCC1=CCC[C@H](CC)C1c1c(CC)nn(-c2[c-]c(Oc3[c-]c4c(cc3)c3ccccc3n4-c3cc(C)ccn3)cc(C)c2)c1CC.[Pt+2]. The van der Waals surface area contributed by atoms with E-state index in [9.17, 15) is 0 Å². The van der Waals surface area contributed by atoms with Gasteiger partial charge in [0, 0.05) is 40.4 Å². The first-order chi connectivity index (χ1) is 22.9. The maximum Gasteiger partial charge on any atom is 2.00 e. The zero-order valence-electron chi connectivity index (χ0n) is 28.8. The van der Waals surface area contributed by atoms with Crippen LogP contribution in [0.2, 0.25) is 0 Å². The average Bonchev–Trinajstić information content (AvgIpc) is 3.62. The largest absolute Gasteiger partial charge is 2.00 e. The van der Waals surface area contributed by atoms with Crippen molar-refractivity contribution in [3.63, 3.8) is 0 Å². The van der Waals surface area contributed by atoms with E-state index in [1.807, 2.05) is 24.4 Å². The number of hydrogen-bond acceptors (Lipinski definition) is 3. The molecule has 3 heterocycles. The maximum absolute atomic E-state index is 6.57. The summed E-state index contributed by atoms with van der Waals surface area (Å²) in [7, 11) is 0. The minimum Gasteiger partial charge on any atom is -0.509 e. The summed E-state index contributed by atoms with van der Waals surface area (Å²) < 4.78 is 10.9. The molecule has 7 rings (SSSR count). The van der Waals surface area contributed by atoms with Gasteiger partial charge < -0.3 is 9.30 Å². The first kappa shape index (κ1) is 33.9. The minimum absolute atomic E-state index is 0. The monoisotopic (exact) mass is 815 g/mol. The zero-order valence-corrected chi connectivity index (χ0v) is 31.1. The maximum atomic E-state index is 6.57. The molecule has 0 saturated heterocycles. The Kier molecular flexibility index (Phi) is 10.1. The predicted molar refractivity (Wildman–Crippen MR) is 192 cm³/mol. The first-order valence-corrected chi connectivity index (χ1v) is 17.3. The van der Waals surface area contributed by atoms with E-state index in [0.717, 1.165) is 63.7 Å². The van der Waals surface area contributed by atoms with Gasteiger partial charge in [0.15, 0.2) is 0 Å². The van der Waals surface area contributed by atoms with E-state index in [1.54, 1.807) is 5.57 Å². The number of benzene rings is 3. The standard InChI is InChI=1S/C42H44N4O.Pt/c1-7-29-14-13-15-30(8-2)41(29)42-36(9-3)44-46(37(42)10-4)31-22-28(6)23-33(25-31)47-32-18-19-35-34-16-11-12-17-38(34)45(39(35)26-32)40-24-27(5)20-21-43-40;/h11-12,14,16-24,30,41H,7-10,13,15H2,1-6H3;/q-2;+2/t30-,41?;/m0./s1. The summed E-state index contributed by atoms with van der Waals surface area (Å²) >= 11 is 0. The molecular weight excluding hydrogens is 772 g/mol. The van der Waals surface area contributed by atoms with Crippen LogP contribution < -0.4 is 4.74 Å². The van der Waals surface area contributed by atoms with Crippen molar-refractivity contribution in [2.45, 2.75) is 86.0 Å². The molecule has 2 atom stereocenters. The van der Waals surface area contributed by atoms with Crippen molar-refractivity contribution < 1.29 is 25.8 Å². The van der Waals surface area contributed by atoms with Crippen LogP contribution in [0.15, 0.2) is 78.5 Å². The van der Waals surface area contributed by atoms with E-state index in [0.29, 0.717) is 23.3 Å². The van der Waals surface area contributed by atoms with Gasteiger partial charge in [-0.3, -0.25) is 4.68 Å². The van der Waals surface area contributed by atoms with Crippen LogP contribution >= 0.6 is 0 Å². The van der Waals surface area contributed by atoms with Crippen molar-refractivity contribution >= 4 is 21.8 Å². The molecule has 0 N–H and O–H groups in total. The van der Waals surface area contributed by atoms with E-state index in [2.05, 4.69) is 111 Å². The summed E-state index contributed by atoms with van der Waals surface area (Å²) in [5.74, 6) is 3.25. The van der Waals surface area contributed by atoms with Gasteiger partial charge in [-0.1, -0.05) is 76.4 Å². The molecule has 6 aromatic rings. The molecule has 1 aliphatic carbocycles. The molecule has 0 radical (unpaired) electrons. The Labute approximate surface area is 299 Å². The molecule has 48 heavy (non-hydrogen) atoms. The third-order valence-corrected chi connectivity index (χ3v) is 9.94. The second-order valence-corrected chi connectivity index (χ2v) is 12.9. The molecule has 0 fully saturated rings. The Hall–Kier alpha value is -3.95. The second-order valence-electron chi connectivity index (χ2n) is 12.9. The Morgan fingerprint density at radius 2 is 1.69 bits per heavy atom. The van der Waals surface area contributed by atoms with Crippen LogP contribution in [0.5, 0.6) is 11.5 Å². The van der Waals surface area contributed by atoms with Crippen molar-refractivity contribution in [3.8, 4) is 23.0 Å². The minimum atomic E-state index is 0. The third-order valence-electron chi connectivity index (χ3n) is 9.94. The fraction of sp³-hybridized carbons (Fsp3) is 0.333. The number of ether oxygens (including phenoxy) is 1. The molecule has 3 aromatic heterocycles. The fourth-order valence-corrected chi connectivity index (χ4v) is 7.74. The summed E-state index contributed by atoms with van der Waals surface area (Å²) in [5.41, 5.74) is 10.7. The Balaban J connectivity index is 0.00000401. The van der Waals surface area contributed by atoms with Gasteiger partial charge in [0.25, 0.3) is 0 Å². The quantitative estimate of drug-likeness (QED) is 0.108. The topological polar surface area (TPSA) is 44.9 Å². The van der Waals surface area contributed by atoms with Crippen molar-refractivity contribution in [2.24, 2.45) is 5.92 Å². The Morgan fingerprint density at radius 1 is 0.854 bits per heavy atom. The number of para-hydroxylation sites is 1. The van der Waals surface area contributed by atoms with E-state index >= 15 is 0 Å². The zero-order chi connectivity index (χ0) is 32.7. The summed E-state index contributed by atoms with van der Waals surface area (Å²) in [4.78, 5) is 4.72. The number of hydrogen-bond donors (Lipinski definition) is 0. The van der Waals surface area contributed by atoms with Crippen LogP contribution in [0.25, 0.3) is 33.3 Å². The number of pyridine rings is 1. The molecule has 248 valence electrons. The van der Waals surface area contributed by atoms with E-state index in [1.165, 1.54) is 36.2 Å². The van der Waals surface area contributed by atoms with Gasteiger partial charge >= 0.3 is 21.1 Å². The molecule has 1 aliphatic rings. The molecule has 3 aromatic carbocycles. The molecule has 6 heteroatoms. The van der Waals surface area contributed by atoms with Gasteiger partial charge in [-0.05, 0) is 79.8 Å². The van der Waals surface area contributed by atoms with E-state index in [-0.39, 0.29) is 21.1 Å². The summed E-state index contributed by atoms with van der Waals surface area (Å²) in [5, 5.41) is 7.55.